The molecule has 0 spiro atoms. The highest BCUT2D eigenvalue weighted by Crippen LogP contribution is 2.21. The van der Waals surface area contributed by atoms with Crippen LogP contribution in [0.4, 0.5) is 5.69 Å². The van der Waals surface area contributed by atoms with Crippen molar-refractivity contribution in [2.45, 2.75) is 6.92 Å². The number of nitrogens with one attached hydrogen (secondary N) is 1. The molecule has 0 unspecified atom stereocenters. The Morgan fingerprint density at radius 3 is 2.42 bits per heavy atom. The maximum atomic E-state index is 11.6. The van der Waals surface area contributed by atoms with Gasteiger partial charge in [-0.25, -0.2) is 4.79 Å². The lowest BCUT2D eigenvalue weighted by Gasteiger charge is -2.06. The normalized spacial score (nSPS) is 11.2. The monoisotopic (exact) mass is 262 g/mol. The van der Waals surface area contributed by atoms with Crippen molar-refractivity contribution in [2.24, 2.45) is 0 Å². The second-order valence-electron chi connectivity index (χ2n) is 3.56. The van der Waals surface area contributed by atoms with Crippen LogP contribution in [0.1, 0.15) is 17.3 Å². The van der Waals surface area contributed by atoms with E-state index in [0.717, 1.165) is 12.1 Å². The largest absolute Gasteiger partial charge is 0.511 e. The minimum atomic E-state index is -1.36. The summed E-state index contributed by atoms with van der Waals surface area (Å²) in [5, 5.41) is 38.1. The van der Waals surface area contributed by atoms with E-state index in [4.69, 9.17) is 15.5 Å². The number of allylic oxidation sites excluding steroid dienone is 1. The molecule has 0 aliphatic heterocycles. The molecule has 1 aromatic rings. The number of carbonyl (C=O) groups is 2. The van der Waals surface area contributed by atoms with Crippen LogP contribution in [-0.4, -0.2) is 27.2 Å². The molecule has 1 rings (SSSR count). The van der Waals surface area contributed by atoms with Crippen molar-refractivity contribution < 1.29 is 24.9 Å². The molecule has 1 aromatic carbocycles. The molecule has 19 heavy (non-hydrogen) atoms. The maximum absolute atomic E-state index is 11.6. The number of anilines is 1. The predicted molar refractivity (Wildman–Crippen MR) is 64.6 cm³/mol. The molecule has 0 aromatic heterocycles. The van der Waals surface area contributed by atoms with Gasteiger partial charge in [-0.1, -0.05) is 0 Å². The molecule has 0 aliphatic rings. The minimum absolute atomic E-state index is 0.0780. The Bertz CT molecular complexity index is 609. The van der Waals surface area contributed by atoms with Gasteiger partial charge in [0.15, 0.2) is 5.57 Å². The third-order valence-corrected chi connectivity index (χ3v) is 2.19. The van der Waals surface area contributed by atoms with Gasteiger partial charge in [0.25, 0.3) is 5.91 Å². The summed E-state index contributed by atoms with van der Waals surface area (Å²) >= 11 is 0. The molecule has 7 nitrogen and oxygen atoms in total. The molecule has 0 aliphatic carbocycles. The van der Waals surface area contributed by atoms with Gasteiger partial charge in [0.05, 0.1) is 0 Å². The SMILES string of the molecule is CC(O)=C(C#N)C(=O)Nc1ccc(O)c(C(=O)O)c1. The number of hydrogen-bond acceptors (Lipinski definition) is 5. The van der Waals surface area contributed by atoms with Crippen molar-refractivity contribution in [2.75, 3.05) is 5.32 Å². The summed E-state index contributed by atoms with van der Waals surface area (Å²) in [5.74, 6) is -3.12. The van der Waals surface area contributed by atoms with Gasteiger partial charge in [0, 0.05) is 5.69 Å². The van der Waals surface area contributed by atoms with Gasteiger partial charge in [-0.3, -0.25) is 4.79 Å². The predicted octanol–water partition coefficient (Wildman–Crippen LogP) is 1.38. The molecule has 7 heteroatoms. The number of carbonyl (C=O) groups excluding carboxylic acids is 1. The summed E-state index contributed by atoms with van der Waals surface area (Å²) < 4.78 is 0. The summed E-state index contributed by atoms with van der Waals surface area (Å²) in [6, 6.07) is 4.92. The van der Waals surface area contributed by atoms with Crippen LogP contribution in [0.3, 0.4) is 0 Å². The molecule has 0 heterocycles. The van der Waals surface area contributed by atoms with Gasteiger partial charge in [0.1, 0.15) is 23.1 Å². The fraction of sp³-hybridized carbons (Fsp3) is 0.0833. The second-order valence-corrected chi connectivity index (χ2v) is 3.56. The first-order valence-electron chi connectivity index (χ1n) is 5.04. The summed E-state index contributed by atoms with van der Waals surface area (Å²) in [5.41, 5.74) is -0.792. The van der Waals surface area contributed by atoms with Gasteiger partial charge < -0.3 is 20.6 Å². The topological polar surface area (TPSA) is 131 Å². The number of phenols is 1. The highest BCUT2D eigenvalue weighted by molar-refractivity contribution is 6.07. The van der Waals surface area contributed by atoms with Crippen LogP contribution in [0.2, 0.25) is 0 Å². The molecule has 1 amide bonds. The first-order chi connectivity index (χ1) is 8.86. The van der Waals surface area contributed by atoms with Crippen LogP contribution in [-0.2, 0) is 4.79 Å². The zero-order valence-corrected chi connectivity index (χ0v) is 9.84. The molecular weight excluding hydrogens is 252 g/mol. The molecule has 0 atom stereocenters. The molecule has 98 valence electrons. The van der Waals surface area contributed by atoms with E-state index in [9.17, 15) is 14.7 Å². The molecule has 0 radical (unpaired) electrons. The lowest BCUT2D eigenvalue weighted by molar-refractivity contribution is -0.112. The van der Waals surface area contributed by atoms with E-state index in [1.54, 1.807) is 0 Å². The van der Waals surface area contributed by atoms with Crippen LogP contribution >= 0.6 is 0 Å². The zero-order valence-electron chi connectivity index (χ0n) is 9.84. The Hall–Kier alpha value is -3.01. The van der Waals surface area contributed by atoms with Crippen molar-refractivity contribution in [3.63, 3.8) is 0 Å². The van der Waals surface area contributed by atoms with Crippen LogP contribution in [0, 0.1) is 11.3 Å². The van der Waals surface area contributed by atoms with E-state index in [-0.39, 0.29) is 11.3 Å². The van der Waals surface area contributed by atoms with Crippen LogP contribution < -0.4 is 5.32 Å². The van der Waals surface area contributed by atoms with Crippen molar-refractivity contribution in [1.82, 2.24) is 0 Å². The van der Waals surface area contributed by atoms with Crippen molar-refractivity contribution in [3.8, 4) is 11.8 Å². The number of aromatic hydroxyl groups is 1. The fourth-order valence-corrected chi connectivity index (χ4v) is 1.27. The Kier molecular flexibility index (Phi) is 4.11. The standard InChI is InChI=1S/C12H10N2O5/c1-6(15)9(5-13)11(17)14-7-2-3-10(16)8(4-7)12(18)19/h2-4,15-16H,1H3,(H,14,17)(H,18,19). The number of carboxylic acid groups (broad SMARTS) is 1. The molecule has 0 fully saturated rings. The average Bonchev–Trinajstić information content (AvgIpc) is 2.31. The highest BCUT2D eigenvalue weighted by atomic mass is 16.4. The minimum Gasteiger partial charge on any atom is -0.511 e. The summed E-state index contributed by atoms with van der Waals surface area (Å²) in [6.45, 7) is 1.18. The lowest BCUT2D eigenvalue weighted by Crippen LogP contribution is -2.15. The van der Waals surface area contributed by atoms with E-state index in [1.165, 1.54) is 19.1 Å². The number of carboxylic acids is 1. The van der Waals surface area contributed by atoms with Gasteiger partial charge in [0.2, 0.25) is 0 Å². The first-order valence-corrected chi connectivity index (χ1v) is 5.04. The number of nitrogens with zero attached hydrogens (tertiary/aromatic N) is 1. The number of aliphatic hydroxyl groups is 1. The Morgan fingerprint density at radius 1 is 1.32 bits per heavy atom. The lowest BCUT2D eigenvalue weighted by atomic mass is 10.1. The first kappa shape index (κ1) is 14.1. The van der Waals surface area contributed by atoms with Gasteiger partial charge >= 0.3 is 5.97 Å². The molecule has 4 N–H and O–H groups in total. The highest BCUT2D eigenvalue weighted by Gasteiger charge is 2.15. The number of benzene rings is 1. The Balaban J connectivity index is 3.06. The van der Waals surface area contributed by atoms with E-state index in [2.05, 4.69) is 5.32 Å². The number of rotatable bonds is 3. The van der Waals surface area contributed by atoms with E-state index in [1.807, 2.05) is 0 Å². The summed E-state index contributed by atoms with van der Waals surface area (Å²) in [4.78, 5) is 22.4. The summed E-state index contributed by atoms with van der Waals surface area (Å²) in [6.07, 6.45) is 0. The molecule has 0 saturated heterocycles. The van der Waals surface area contributed by atoms with E-state index >= 15 is 0 Å². The van der Waals surface area contributed by atoms with Crippen LogP contribution in [0.25, 0.3) is 0 Å². The number of aliphatic hydroxyl groups excluding tert-OH is 1. The van der Waals surface area contributed by atoms with Crippen LogP contribution in [0.5, 0.6) is 5.75 Å². The Labute approximate surface area is 108 Å². The number of hydrogen-bond donors (Lipinski definition) is 4. The molecular formula is C12H10N2O5. The quantitative estimate of drug-likeness (QED) is 0.282. The fourth-order valence-electron chi connectivity index (χ4n) is 1.27. The number of amides is 1. The smallest absolute Gasteiger partial charge is 0.339 e. The second kappa shape index (κ2) is 5.55. The average molecular weight is 262 g/mol. The van der Waals surface area contributed by atoms with Gasteiger partial charge in [-0.2, -0.15) is 5.26 Å². The van der Waals surface area contributed by atoms with Crippen molar-refractivity contribution in [1.29, 1.82) is 5.26 Å². The zero-order chi connectivity index (χ0) is 14.6. The summed E-state index contributed by atoms with van der Waals surface area (Å²) in [7, 11) is 0. The third-order valence-electron chi connectivity index (χ3n) is 2.19. The van der Waals surface area contributed by atoms with E-state index in [0.29, 0.717) is 0 Å². The van der Waals surface area contributed by atoms with Crippen molar-refractivity contribution in [3.05, 3.63) is 35.1 Å². The Morgan fingerprint density at radius 2 is 1.95 bits per heavy atom. The third kappa shape index (κ3) is 3.23. The van der Waals surface area contributed by atoms with E-state index < -0.39 is 29.0 Å². The van der Waals surface area contributed by atoms with Crippen LogP contribution in [0.15, 0.2) is 29.5 Å². The maximum Gasteiger partial charge on any atom is 0.339 e. The van der Waals surface area contributed by atoms with Gasteiger partial charge in [-0.15, -0.1) is 0 Å². The number of nitriles is 1. The number of aromatic carboxylic acids is 1. The molecule has 0 saturated carbocycles. The van der Waals surface area contributed by atoms with Crippen molar-refractivity contribution >= 4 is 17.6 Å². The van der Waals surface area contributed by atoms with Gasteiger partial charge in [-0.05, 0) is 25.1 Å². The molecule has 0 bridgehead atoms.